The first-order valence-corrected chi connectivity index (χ1v) is 7.87. The van der Waals surface area contributed by atoms with Crippen molar-refractivity contribution in [2.75, 3.05) is 5.73 Å². The van der Waals surface area contributed by atoms with Crippen LogP contribution in [0.5, 0.6) is 0 Å². The number of nitrogens with one attached hydrogen (secondary N) is 1. The highest BCUT2D eigenvalue weighted by Crippen LogP contribution is 2.24. The van der Waals surface area contributed by atoms with Crippen molar-refractivity contribution in [2.45, 2.75) is 12.6 Å². The molecule has 1 aromatic heterocycles. The average Bonchev–Trinajstić information content (AvgIpc) is 2.95. The van der Waals surface area contributed by atoms with Gasteiger partial charge in [-0.2, -0.15) is 0 Å². The molecule has 3 N–H and O–H groups in total. The van der Waals surface area contributed by atoms with E-state index in [0.717, 1.165) is 12.2 Å². The van der Waals surface area contributed by atoms with E-state index in [-0.39, 0.29) is 6.04 Å². The summed E-state index contributed by atoms with van der Waals surface area (Å²) in [5.41, 5.74) is 9.37. The smallest absolute Gasteiger partial charge is 0.0579 e. The highest BCUT2D eigenvalue weighted by Gasteiger charge is 2.13. The fourth-order valence-electron chi connectivity index (χ4n) is 2.41. The zero-order chi connectivity index (χ0) is 14.5. The van der Waals surface area contributed by atoms with Crippen LogP contribution in [-0.2, 0) is 6.54 Å². The van der Waals surface area contributed by atoms with Gasteiger partial charge in [0, 0.05) is 17.1 Å². The fraction of sp³-hybridized carbons (Fsp3) is 0.111. The number of nitrogen functional groups attached to an aromatic ring is 1. The molecule has 0 aliphatic heterocycles. The molecule has 2 aromatic carbocycles. The van der Waals surface area contributed by atoms with Crippen molar-refractivity contribution in [2.24, 2.45) is 0 Å². The van der Waals surface area contributed by atoms with Crippen LogP contribution in [0.3, 0.4) is 0 Å². The summed E-state index contributed by atoms with van der Waals surface area (Å²) in [7, 11) is 0. The Bertz CT molecular complexity index is 637. The number of hydrogen-bond donors (Lipinski definition) is 2. The van der Waals surface area contributed by atoms with E-state index in [4.69, 9.17) is 5.73 Å². The molecule has 106 valence electrons. The molecule has 0 atom stereocenters. The molecular weight excluding hydrogens is 276 g/mol. The van der Waals surface area contributed by atoms with Gasteiger partial charge in [-0.25, -0.2) is 0 Å². The number of thiophene rings is 1. The topological polar surface area (TPSA) is 38.0 Å². The van der Waals surface area contributed by atoms with Gasteiger partial charge in [0.25, 0.3) is 0 Å². The van der Waals surface area contributed by atoms with Crippen molar-refractivity contribution in [3.63, 3.8) is 0 Å². The first kappa shape index (κ1) is 13.9. The van der Waals surface area contributed by atoms with E-state index in [1.807, 2.05) is 23.6 Å². The van der Waals surface area contributed by atoms with Crippen molar-refractivity contribution in [1.29, 1.82) is 0 Å². The Morgan fingerprint density at radius 1 is 0.857 bits per heavy atom. The molecule has 0 amide bonds. The summed E-state index contributed by atoms with van der Waals surface area (Å²) in [4.78, 5) is 1.19. The maximum atomic E-state index is 5.97. The van der Waals surface area contributed by atoms with Gasteiger partial charge >= 0.3 is 0 Å². The molecule has 0 fully saturated rings. The van der Waals surface area contributed by atoms with E-state index in [0.29, 0.717) is 0 Å². The van der Waals surface area contributed by atoms with Crippen LogP contribution >= 0.6 is 11.3 Å². The van der Waals surface area contributed by atoms with Crippen molar-refractivity contribution < 1.29 is 0 Å². The van der Waals surface area contributed by atoms with Crippen LogP contribution in [0, 0.1) is 0 Å². The molecule has 0 bridgehead atoms. The van der Waals surface area contributed by atoms with Crippen LogP contribution in [0.15, 0.2) is 72.1 Å². The van der Waals surface area contributed by atoms with E-state index in [9.17, 15) is 0 Å². The Labute approximate surface area is 129 Å². The Morgan fingerprint density at radius 2 is 1.43 bits per heavy atom. The van der Waals surface area contributed by atoms with Crippen molar-refractivity contribution >= 4 is 17.0 Å². The highest BCUT2D eigenvalue weighted by atomic mass is 32.1. The molecule has 1 heterocycles. The van der Waals surface area contributed by atoms with Crippen LogP contribution in [0.1, 0.15) is 22.0 Å². The quantitative estimate of drug-likeness (QED) is 0.740. The van der Waals surface area contributed by atoms with E-state index in [2.05, 4.69) is 53.8 Å². The minimum atomic E-state index is 0.175. The molecule has 0 unspecified atom stereocenters. The standard InChI is InChI=1S/C18H18N2S/c19-16-11-12-21-17(16)13-20-18(14-7-3-1-4-8-14)15-9-5-2-6-10-15/h1-12,18,20H,13,19H2. The van der Waals surface area contributed by atoms with Crippen LogP contribution in [0.25, 0.3) is 0 Å². The Hall–Kier alpha value is -2.10. The van der Waals surface area contributed by atoms with Gasteiger partial charge < -0.3 is 11.1 Å². The van der Waals surface area contributed by atoms with Gasteiger partial charge in [-0.1, -0.05) is 60.7 Å². The van der Waals surface area contributed by atoms with Gasteiger partial charge in [0.15, 0.2) is 0 Å². The predicted octanol–water partition coefficient (Wildman–Crippen LogP) is 4.21. The summed E-state index contributed by atoms with van der Waals surface area (Å²) < 4.78 is 0. The number of hydrogen-bond acceptors (Lipinski definition) is 3. The second-order valence-corrected chi connectivity index (χ2v) is 5.94. The minimum Gasteiger partial charge on any atom is -0.398 e. The zero-order valence-corrected chi connectivity index (χ0v) is 12.5. The molecule has 21 heavy (non-hydrogen) atoms. The molecular formula is C18H18N2S. The van der Waals surface area contributed by atoms with Gasteiger partial charge in [0.1, 0.15) is 0 Å². The van der Waals surface area contributed by atoms with Gasteiger partial charge in [0.2, 0.25) is 0 Å². The minimum absolute atomic E-state index is 0.175. The number of benzene rings is 2. The lowest BCUT2D eigenvalue weighted by Crippen LogP contribution is -2.21. The normalized spacial score (nSPS) is 10.9. The van der Waals surface area contributed by atoms with Crippen LogP contribution in [-0.4, -0.2) is 0 Å². The average molecular weight is 294 g/mol. The van der Waals surface area contributed by atoms with Gasteiger partial charge in [-0.3, -0.25) is 0 Å². The monoisotopic (exact) mass is 294 g/mol. The van der Waals surface area contributed by atoms with E-state index < -0.39 is 0 Å². The maximum Gasteiger partial charge on any atom is 0.0579 e. The van der Waals surface area contributed by atoms with Gasteiger partial charge in [0.05, 0.1) is 6.04 Å². The van der Waals surface area contributed by atoms with Crippen LogP contribution in [0.2, 0.25) is 0 Å². The number of rotatable bonds is 5. The van der Waals surface area contributed by atoms with E-state index in [1.165, 1.54) is 16.0 Å². The first-order valence-electron chi connectivity index (χ1n) is 7.00. The Kier molecular flexibility index (Phi) is 4.34. The maximum absolute atomic E-state index is 5.97. The second-order valence-electron chi connectivity index (χ2n) is 4.93. The van der Waals surface area contributed by atoms with Crippen molar-refractivity contribution in [3.8, 4) is 0 Å². The predicted molar refractivity (Wildman–Crippen MR) is 90.3 cm³/mol. The molecule has 0 spiro atoms. The first-order chi connectivity index (χ1) is 10.3. The summed E-state index contributed by atoms with van der Waals surface area (Å²) in [5.74, 6) is 0. The summed E-state index contributed by atoms with van der Waals surface area (Å²) in [6, 6.07) is 23.1. The largest absolute Gasteiger partial charge is 0.398 e. The van der Waals surface area contributed by atoms with Gasteiger partial charge in [-0.05, 0) is 22.6 Å². The van der Waals surface area contributed by atoms with Crippen molar-refractivity contribution in [1.82, 2.24) is 5.32 Å². The summed E-state index contributed by atoms with van der Waals surface area (Å²) in [6.07, 6.45) is 0. The van der Waals surface area contributed by atoms with Crippen LogP contribution in [0.4, 0.5) is 5.69 Å². The third-order valence-electron chi connectivity index (χ3n) is 3.51. The summed E-state index contributed by atoms with van der Waals surface area (Å²) in [5, 5.41) is 5.66. The molecule has 2 nitrogen and oxygen atoms in total. The lowest BCUT2D eigenvalue weighted by Gasteiger charge is -2.19. The molecule has 0 radical (unpaired) electrons. The van der Waals surface area contributed by atoms with E-state index in [1.54, 1.807) is 11.3 Å². The Morgan fingerprint density at radius 3 is 1.90 bits per heavy atom. The van der Waals surface area contributed by atoms with Crippen LogP contribution < -0.4 is 11.1 Å². The summed E-state index contributed by atoms with van der Waals surface area (Å²) in [6.45, 7) is 0.776. The molecule has 3 rings (SSSR count). The zero-order valence-electron chi connectivity index (χ0n) is 11.7. The fourth-order valence-corrected chi connectivity index (χ4v) is 3.16. The lowest BCUT2D eigenvalue weighted by atomic mass is 9.99. The third kappa shape index (κ3) is 3.32. The molecule has 3 aromatic rings. The van der Waals surface area contributed by atoms with Crippen molar-refractivity contribution in [3.05, 3.63) is 88.1 Å². The number of nitrogens with two attached hydrogens (primary N) is 1. The third-order valence-corrected chi connectivity index (χ3v) is 4.45. The Balaban J connectivity index is 1.85. The SMILES string of the molecule is Nc1ccsc1CNC(c1ccccc1)c1ccccc1. The molecule has 0 aliphatic rings. The molecule has 0 saturated heterocycles. The molecule has 0 saturated carbocycles. The van der Waals surface area contributed by atoms with Gasteiger partial charge in [-0.15, -0.1) is 11.3 Å². The lowest BCUT2D eigenvalue weighted by molar-refractivity contribution is 0.611. The highest BCUT2D eigenvalue weighted by molar-refractivity contribution is 7.10. The number of anilines is 1. The summed E-state index contributed by atoms with van der Waals surface area (Å²) >= 11 is 1.69. The van der Waals surface area contributed by atoms with E-state index >= 15 is 0 Å². The second kappa shape index (κ2) is 6.57. The molecule has 3 heteroatoms. The molecule has 0 aliphatic carbocycles.